The number of carbonyl (C=O) groups is 3. The van der Waals surface area contributed by atoms with E-state index >= 15 is 0 Å². The summed E-state index contributed by atoms with van der Waals surface area (Å²) in [6.07, 6.45) is -0.225. The molecule has 0 aliphatic carbocycles. The summed E-state index contributed by atoms with van der Waals surface area (Å²) in [5.74, 6) is -1.65. The van der Waals surface area contributed by atoms with Crippen molar-refractivity contribution in [3.8, 4) is 0 Å². The summed E-state index contributed by atoms with van der Waals surface area (Å²) < 4.78 is 8.99. The lowest BCUT2D eigenvalue weighted by Crippen LogP contribution is -2.27. The van der Waals surface area contributed by atoms with Gasteiger partial charge in [-0.25, -0.2) is 4.79 Å². The highest BCUT2D eigenvalue weighted by atomic mass is 32.2. The topological polar surface area (TPSA) is 69.7 Å². The van der Waals surface area contributed by atoms with Crippen molar-refractivity contribution in [3.63, 3.8) is 0 Å². The first-order valence-electron chi connectivity index (χ1n) is 5.93. The number of methoxy groups -OCH3 is 2. The standard InChI is InChI=1S/C14H16O5S/c1-18-13(16)11(15)8-12(14(17)19-2)20-9-10-6-4-3-5-7-10/h3-7,12H,8-9H2,1-2H3. The Bertz CT molecular complexity index is 472. The molecule has 108 valence electrons. The summed E-state index contributed by atoms with van der Waals surface area (Å²) in [6, 6.07) is 9.52. The monoisotopic (exact) mass is 296 g/mol. The van der Waals surface area contributed by atoms with Gasteiger partial charge < -0.3 is 9.47 Å². The number of Topliss-reactive ketones (excluding diaryl/α,β-unsaturated/α-hetero) is 1. The molecule has 1 unspecified atom stereocenters. The molecule has 0 saturated carbocycles. The maximum atomic E-state index is 11.6. The Balaban J connectivity index is 2.63. The molecular weight excluding hydrogens is 280 g/mol. The predicted molar refractivity (Wildman–Crippen MR) is 75.2 cm³/mol. The molecule has 0 amide bonds. The van der Waals surface area contributed by atoms with Crippen LogP contribution in [0.4, 0.5) is 0 Å². The largest absolute Gasteiger partial charge is 0.468 e. The number of ether oxygens (including phenoxy) is 2. The third-order valence-corrected chi connectivity index (χ3v) is 3.80. The van der Waals surface area contributed by atoms with Gasteiger partial charge in [0.25, 0.3) is 0 Å². The number of ketones is 1. The molecular formula is C14H16O5S. The predicted octanol–water partition coefficient (Wildman–Crippen LogP) is 1.59. The summed E-state index contributed by atoms with van der Waals surface area (Å²) in [4.78, 5) is 34.3. The molecule has 5 nitrogen and oxygen atoms in total. The first-order valence-corrected chi connectivity index (χ1v) is 6.97. The van der Waals surface area contributed by atoms with Crippen molar-refractivity contribution in [2.24, 2.45) is 0 Å². The van der Waals surface area contributed by atoms with Crippen LogP contribution in [-0.4, -0.2) is 37.2 Å². The van der Waals surface area contributed by atoms with E-state index in [-0.39, 0.29) is 6.42 Å². The third kappa shape index (κ3) is 5.05. The van der Waals surface area contributed by atoms with E-state index in [4.69, 9.17) is 0 Å². The molecule has 0 aliphatic rings. The summed E-state index contributed by atoms with van der Waals surface area (Å²) in [5.41, 5.74) is 1.02. The van der Waals surface area contributed by atoms with E-state index in [9.17, 15) is 14.4 Å². The maximum Gasteiger partial charge on any atom is 0.374 e. The molecule has 0 aromatic heterocycles. The number of hydrogen-bond donors (Lipinski definition) is 0. The van der Waals surface area contributed by atoms with Crippen molar-refractivity contribution in [3.05, 3.63) is 35.9 Å². The van der Waals surface area contributed by atoms with Crippen LogP contribution in [0.5, 0.6) is 0 Å². The summed E-state index contributed by atoms with van der Waals surface area (Å²) >= 11 is 1.26. The summed E-state index contributed by atoms with van der Waals surface area (Å²) in [7, 11) is 2.38. The quantitative estimate of drug-likeness (QED) is 0.562. The minimum atomic E-state index is -0.945. The van der Waals surface area contributed by atoms with Crippen LogP contribution in [-0.2, 0) is 29.6 Å². The number of rotatable bonds is 7. The Kier molecular flexibility index (Phi) is 6.79. The van der Waals surface area contributed by atoms with Crippen LogP contribution < -0.4 is 0 Å². The van der Waals surface area contributed by atoms with Gasteiger partial charge in [-0.3, -0.25) is 9.59 Å². The van der Waals surface area contributed by atoms with Crippen molar-refractivity contribution >= 4 is 29.5 Å². The molecule has 1 atom stereocenters. The van der Waals surface area contributed by atoms with Gasteiger partial charge in [0.15, 0.2) is 0 Å². The van der Waals surface area contributed by atoms with Crippen molar-refractivity contribution in [2.75, 3.05) is 14.2 Å². The average Bonchev–Trinajstić information content (AvgIpc) is 2.50. The maximum absolute atomic E-state index is 11.6. The van der Waals surface area contributed by atoms with Gasteiger partial charge in [0, 0.05) is 12.2 Å². The molecule has 0 bridgehead atoms. The van der Waals surface area contributed by atoms with Gasteiger partial charge in [0.2, 0.25) is 5.78 Å². The SMILES string of the molecule is COC(=O)C(=O)CC(SCc1ccccc1)C(=O)OC. The highest BCUT2D eigenvalue weighted by molar-refractivity contribution is 7.99. The Hall–Kier alpha value is -1.82. The van der Waals surface area contributed by atoms with Crippen molar-refractivity contribution < 1.29 is 23.9 Å². The highest BCUT2D eigenvalue weighted by Gasteiger charge is 2.27. The molecule has 1 rings (SSSR count). The fraction of sp³-hybridized carbons (Fsp3) is 0.357. The molecule has 20 heavy (non-hydrogen) atoms. The molecule has 0 N–H and O–H groups in total. The first-order chi connectivity index (χ1) is 9.58. The molecule has 0 aliphatic heterocycles. The van der Waals surface area contributed by atoms with Crippen LogP contribution in [0.3, 0.4) is 0 Å². The molecule has 0 radical (unpaired) electrons. The normalized spacial score (nSPS) is 11.5. The molecule has 1 aromatic rings. The molecule has 6 heteroatoms. The fourth-order valence-corrected chi connectivity index (χ4v) is 2.57. The number of thioether (sulfide) groups is 1. The number of esters is 2. The zero-order valence-electron chi connectivity index (χ0n) is 11.3. The smallest absolute Gasteiger partial charge is 0.374 e. The van der Waals surface area contributed by atoms with E-state index in [1.54, 1.807) is 0 Å². The van der Waals surface area contributed by atoms with Crippen LogP contribution in [0.1, 0.15) is 12.0 Å². The van der Waals surface area contributed by atoms with Crippen molar-refractivity contribution in [1.82, 2.24) is 0 Å². The minimum absolute atomic E-state index is 0.225. The summed E-state index contributed by atoms with van der Waals surface area (Å²) in [5, 5.41) is -0.716. The second kappa shape index (κ2) is 8.37. The molecule has 0 fully saturated rings. The number of hydrogen-bond acceptors (Lipinski definition) is 6. The van der Waals surface area contributed by atoms with Gasteiger partial charge in [0.05, 0.1) is 14.2 Å². The van der Waals surface area contributed by atoms with E-state index in [2.05, 4.69) is 9.47 Å². The van der Waals surface area contributed by atoms with Gasteiger partial charge in [0.1, 0.15) is 5.25 Å². The second-order valence-corrected chi connectivity index (χ2v) is 5.12. The van der Waals surface area contributed by atoms with Crippen molar-refractivity contribution in [1.29, 1.82) is 0 Å². The van der Waals surface area contributed by atoms with E-state index in [0.29, 0.717) is 5.75 Å². The van der Waals surface area contributed by atoms with Gasteiger partial charge in [-0.05, 0) is 5.56 Å². The van der Waals surface area contributed by atoms with Crippen LogP contribution in [0, 0.1) is 0 Å². The van der Waals surface area contributed by atoms with Crippen molar-refractivity contribution in [2.45, 2.75) is 17.4 Å². The molecule has 0 spiro atoms. The zero-order valence-corrected chi connectivity index (χ0v) is 12.1. The Morgan fingerprint density at radius 3 is 2.30 bits per heavy atom. The average molecular weight is 296 g/mol. The zero-order chi connectivity index (χ0) is 15.0. The molecule has 0 saturated heterocycles. The molecule has 0 heterocycles. The first kappa shape index (κ1) is 16.2. The lowest BCUT2D eigenvalue weighted by atomic mass is 10.2. The van der Waals surface area contributed by atoms with Gasteiger partial charge in [-0.15, -0.1) is 11.8 Å². The highest BCUT2D eigenvalue weighted by Crippen LogP contribution is 2.22. The Morgan fingerprint density at radius 2 is 1.75 bits per heavy atom. The second-order valence-electron chi connectivity index (χ2n) is 3.93. The van der Waals surface area contributed by atoms with E-state index in [0.717, 1.165) is 12.7 Å². The number of benzene rings is 1. The van der Waals surface area contributed by atoms with E-state index in [1.807, 2.05) is 30.3 Å². The molecule has 1 aromatic carbocycles. The third-order valence-electron chi connectivity index (χ3n) is 2.54. The Morgan fingerprint density at radius 1 is 1.10 bits per heavy atom. The van der Waals surface area contributed by atoms with Gasteiger partial charge in [-0.1, -0.05) is 30.3 Å². The fourth-order valence-electron chi connectivity index (χ4n) is 1.48. The lowest BCUT2D eigenvalue weighted by molar-refractivity contribution is -0.152. The van der Waals surface area contributed by atoms with Gasteiger partial charge >= 0.3 is 11.9 Å². The lowest BCUT2D eigenvalue weighted by Gasteiger charge is -2.13. The minimum Gasteiger partial charge on any atom is -0.468 e. The van der Waals surface area contributed by atoms with E-state index in [1.165, 1.54) is 18.9 Å². The van der Waals surface area contributed by atoms with Crippen LogP contribution in [0.25, 0.3) is 0 Å². The van der Waals surface area contributed by atoms with E-state index < -0.39 is 23.0 Å². The van der Waals surface area contributed by atoms with Crippen LogP contribution in [0.2, 0.25) is 0 Å². The summed E-state index contributed by atoms with van der Waals surface area (Å²) in [6.45, 7) is 0. The van der Waals surface area contributed by atoms with Gasteiger partial charge in [-0.2, -0.15) is 0 Å². The van der Waals surface area contributed by atoms with Crippen LogP contribution in [0.15, 0.2) is 30.3 Å². The van der Waals surface area contributed by atoms with Crippen LogP contribution >= 0.6 is 11.8 Å². The Labute approximate surface area is 121 Å². The number of carbonyl (C=O) groups excluding carboxylic acids is 3.